The van der Waals surface area contributed by atoms with Gasteiger partial charge in [-0.2, -0.15) is 5.10 Å². The van der Waals surface area contributed by atoms with Gasteiger partial charge in [-0.15, -0.1) is 23.7 Å². The molecule has 10 heteroatoms. The van der Waals surface area contributed by atoms with Crippen molar-refractivity contribution >= 4 is 45.4 Å². The zero-order chi connectivity index (χ0) is 21.6. The number of nitrogens with zero attached hydrogens (tertiary/aromatic N) is 4. The first-order chi connectivity index (χ1) is 15.2. The summed E-state index contributed by atoms with van der Waals surface area (Å²) in [7, 11) is 3.30. The lowest BCUT2D eigenvalue weighted by molar-refractivity contribution is 0.0866. The summed E-state index contributed by atoms with van der Waals surface area (Å²) in [6.45, 7) is 5.92. The Morgan fingerprint density at radius 3 is 2.81 bits per heavy atom. The van der Waals surface area contributed by atoms with E-state index in [1.54, 1.807) is 29.1 Å². The second kappa shape index (κ2) is 11.5. The van der Waals surface area contributed by atoms with Gasteiger partial charge in [0, 0.05) is 68.7 Å². The molecule has 0 aliphatic carbocycles. The molecule has 1 aliphatic heterocycles. The van der Waals surface area contributed by atoms with Crippen LogP contribution in [0.3, 0.4) is 0 Å². The molecule has 32 heavy (non-hydrogen) atoms. The molecule has 0 spiro atoms. The van der Waals surface area contributed by atoms with Gasteiger partial charge in [0.2, 0.25) is 5.88 Å². The number of ether oxygens (including phenoxy) is 2. The fraction of sp³-hybridized carbons (Fsp3) is 0.455. The van der Waals surface area contributed by atoms with Gasteiger partial charge in [-0.25, -0.2) is 4.68 Å². The van der Waals surface area contributed by atoms with Gasteiger partial charge in [-0.3, -0.25) is 9.69 Å². The lowest BCUT2D eigenvalue weighted by Gasteiger charge is -2.36. The Bertz CT molecular complexity index is 1020. The largest absolute Gasteiger partial charge is 0.478 e. The maximum Gasteiger partial charge on any atom is 0.273 e. The number of hydrogen-bond donors (Lipinski definition) is 1. The van der Waals surface area contributed by atoms with E-state index in [1.165, 1.54) is 22.9 Å². The Balaban J connectivity index is 0.00000289. The number of aromatic nitrogens is 2. The monoisotopic (exact) mass is 479 g/mol. The van der Waals surface area contributed by atoms with Crippen molar-refractivity contribution in [3.63, 3.8) is 0 Å². The van der Waals surface area contributed by atoms with Crippen LogP contribution in [0.15, 0.2) is 35.7 Å². The number of rotatable bonds is 9. The zero-order valence-electron chi connectivity index (χ0n) is 18.5. The number of methoxy groups -OCH3 is 1. The molecule has 0 unspecified atom stereocenters. The molecule has 4 rings (SSSR count). The molecule has 0 radical (unpaired) electrons. The number of thiophene rings is 1. The van der Waals surface area contributed by atoms with E-state index in [0.29, 0.717) is 18.2 Å². The van der Waals surface area contributed by atoms with E-state index in [9.17, 15) is 4.79 Å². The van der Waals surface area contributed by atoms with E-state index in [2.05, 4.69) is 49.9 Å². The number of carbonyl (C=O) groups excluding carboxylic acids is 1. The second-order valence-corrected chi connectivity index (χ2v) is 8.52. The molecule has 2 aromatic heterocycles. The SMILES string of the molecule is COCNC(=O)c1cc(OCCCN2CCN(c3cccc4sccc34)CC2)n(C)n1.Cl. The van der Waals surface area contributed by atoms with Gasteiger partial charge in [-0.1, -0.05) is 6.07 Å². The average molecular weight is 480 g/mol. The number of amides is 1. The van der Waals surface area contributed by atoms with Crippen LogP contribution >= 0.6 is 23.7 Å². The Hall–Kier alpha value is -2.33. The fourth-order valence-electron chi connectivity index (χ4n) is 3.86. The molecule has 1 saturated heterocycles. The Morgan fingerprint density at radius 1 is 1.22 bits per heavy atom. The van der Waals surface area contributed by atoms with Crippen LogP contribution in [0.1, 0.15) is 16.9 Å². The molecule has 8 nitrogen and oxygen atoms in total. The molecule has 1 amide bonds. The standard InChI is InChI=1S/C22H29N5O3S.ClH/c1-25-21(15-18(24-25)22(28)23-16-29-2)30-13-4-8-26-9-11-27(12-10-26)19-5-3-6-20-17(19)7-14-31-20;/h3,5-7,14-15H,4,8-13,16H2,1-2H3,(H,23,28);1H. The minimum atomic E-state index is -0.275. The van der Waals surface area contributed by atoms with E-state index in [-0.39, 0.29) is 25.0 Å². The highest BCUT2D eigenvalue weighted by Gasteiger charge is 2.19. The summed E-state index contributed by atoms with van der Waals surface area (Å²) >= 11 is 1.80. The van der Waals surface area contributed by atoms with Crippen LogP contribution in [-0.4, -0.2) is 73.8 Å². The van der Waals surface area contributed by atoms with Crippen molar-refractivity contribution in [1.29, 1.82) is 0 Å². The summed E-state index contributed by atoms with van der Waals surface area (Å²) in [6, 6.07) is 10.5. The van der Waals surface area contributed by atoms with Crippen molar-refractivity contribution < 1.29 is 14.3 Å². The molecule has 0 atom stereocenters. The normalized spacial score (nSPS) is 14.4. The first-order valence-electron chi connectivity index (χ1n) is 10.5. The highest BCUT2D eigenvalue weighted by Crippen LogP contribution is 2.31. The fourth-order valence-corrected chi connectivity index (χ4v) is 4.66. The summed E-state index contributed by atoms with van der Waals surface area (Å²) in [6.07, 6.45) is 0.927. The molecule has 174 valence electrons. The Kier molecular flexibility index (Phi) is 8.75. The molecule has 3 heterocycles. The third-order valence-corrected chi connectivity index (χ3v) is 6.38. The highest BCUT2D eigenvalue weighted by molar-refractivity contribution is 7.17. The van der Waals surface area contributed by atoms with Crippen LogP contribution < -0.4 is 15.0 Å². The minimum Gasteiger partial charge on any atom is -0.478 e. The van der Waals surface area contributed by atoms with Crippen LogP contribution in [0.5, 0.6) is 5.88 Å². The maximum atomic E-state index is 12.0. The van der Waals surface area contributed by atoms with Crippen molar-refractivity contribution in [3.05, 3.63) is 41.4 Å². The van der Waals surface area contributed by atoms with E-state index in [1.807, 2.05) is 0 Å². The quantitative estimate of drug-likeness (QED) is 0.376. The van der Waals surface area contributed by atoms with Gasteiger partial charge >= 0.3 is 0 Å². The van der Waals surface area contributed by atoms with Crippen molar-refractivity contribution in [2.75, 3.05) is 58.1 Å². The van der Waals surface area contributed by atoms with Crippen LogP contribution in [0.4, 0.5) is 5.69 Å². The molecular formula is C22H30ClN5O3S. The van der Waals surface area contributed by atoms with E-state index in [0.717, 1.165) is 39.1 Å². The van der Waals surface area contributed by atoms with Gasteiger partial charge in [0.15, 0.2) is 5.69 Å². The van der Waals surface area contributed by atoms with Crippen molar-refractivity contribution in [3.8, 4) is 5.88 Å². The lowest BCUT2D eigenvalue weighted by atomic mass is 10.2. The third kappa shape index (κ3) is 5.72. The number of benzene rings is 1. The predicted octanol–water partition coefficient (Wildman–Crippen LogP) is 2.98. The van der Waals surface area contributed by atoms with E-state index >= 15 is 0 Å². The number of halogens is 1. The second-order valence-electron chi connectivity index (χ2n) is 7.57. The van der Waals surface area contributed by atoms with Gasteiger partial charge in [-0.05, 0) is 30.0 Å². The van der Waals surface area contributed by atoms with E-state index < -0.39 is 0 Å². The van der Waals surface area contributed by atoms with Crippen LogP contribution in [0.2, 0.25) is 0 Å². The summed E-state index contributed by atoms with van der Waals surface area (Å²) < 4.78 is 13.6. The Morgan fingerprint density at radius 2 is 2.03 bits per heavy atom. The Labute approximate surface area is 198 Å². The molecule has 1 fully saturated rings. The molecule has 0 bridgehead atoms. The van der Waals surface area contributed by atoms with Crippen LogP contribution in [0.25, 0.3) is 10.1 Å². The number of piperazine rings is 1. The van der Waals surface area contributed by atoms with Gasteiger partial charge < -0.3 is 19.7 Å². The van der Waals surface area contributed by atoms with Crippen molar-refractivity contribution in [2.24, 2.45) is 7.05 Å². The number of anilines is 1. The highest BCUT2D eigenvalue weighted by atomic mass is 35.5. The number of carbonyl (C=O) groups is 1. The molecule has 3 aromatic rings. The molecule has 1 aromatic carbocycles. The van der Waals surface area contributed by atoms with Gasteiger partial charge in [0.25, 0.3) is 5.91 Å². The number of nitrogens with one attached hydrogen (secondary N) is 1. The maximum absolute atomic E-state index is 12.0. The van der Waals surface area contributed by atoms with Crippen LogP contribution in [-0.2, 0) is 11.8 Å². The average Bonchev–Trinajstić information content (AvgIpc) is 3.42. The first-order valence-corrected chi connectivity index (χ1v) is 11.4. The summed E-state index contributed by atoms with van der Waals surface area (Å²) in [5, 5.41) is 10.3. The smallest absolute Gasteiger partial charge is 0.273 e. The summed E-state index contributed by atoms with van der Waals surface area (Å²) in [5.41, 5.74) is 1.68. The zero-order valence-corrected chi connectivity index (χ0v) is 20.1. The molecule has 1 aliphatic rings. The van der Waals surface area contributed by atoms with E-state index in [4.69, 9.17) is 9.47 Å². The minimum absolute atomic E-state index is 0. The molecule has 1 N–H and O–H groups in total. The summed E-state index contributed by atoms with van der Waals surface area (Å²) in [5.74, 6) is 0.319. The van der Waals surface area contributed by atoms with Crippen molar-refractivity contribution in [1.82, 2.24) is 20.0 Å². The summed E-state index contributed by atoms with van der Waals surface area (Å²) in [4.78, 5) is 16.9. The topological polar surface area (TPSA) is 71.9 Å². The number of fused-ring (bicyclic) bond motifs is 1. The molecular weight excluding hydrogens is 450 g/mol. The first kappa shape index (κ1) is 24.3. The third-order valence-electron chi connectivity index (χ3n) is 5.50. The number of aryl methyl sites for hydroxylation is 1. The van der Waals surface area contributed by atoms with Gasteiger partial charge in [0.05, 0.1) is 6.61 Å². The molecule has 0 saturated carbocycles. The lowest BCUT2D eigenvalue weighted by Crippen LogP contribution is -2.46. The van der Waals surface area contributed by atoms with Crippen molar-refractivity contribution in [2.45, 2.75) is 6.42 Å². The van der Waals surface area contributed by atoms with Crippen LogP contribution in [0, 0.1) is 0 Å². The predicted molar refractivity (Wildman–Crippen MR) is 130 cm³/mol. The van der Waals surface area contributed by atoms with Gasteiger partial charge in [0.1, 0.15) is 6.73 Å². The number of hydrogen-bond acceptors (Lipinski definition) is 7.